The fourth-order valence-electron chi connectivity index (χ4n) is 0.283. The lowest BCUT2D eigenvalue weighted by Gasteiger charge is -2.20. The molecule has 0 spiro atoms. The van der Waals surface area contributed by atoms with Crippen molar-refractivity contribution in [2.45, 2.75) is 19.4 Å². The average Bonchev–Trinajstić information content (AvgIpc) is 1.84. The molecule has 0 bridgehead atoms. The molecule has 0 aromatic rings. The normalized spacial score (nSPS) is 10.9. The van der Waals surface area contributed by atoms with Crippen molar-refractivity contribution >= 4 is 0 Å². The highest BCUT2D eigenvalue weighted by molar-refractivity contribution is 4.84. The minimum Gasteiger partial charge on any atom is -0.393 e. The first-order valence-corrected chi connectivity index (χ1v) is 2.80. The van der Waals surface area contributed by atoms with Gasteiger partial charge >= 0.3 is 0 Å². The van der Waals surface area contributed by atoms with E-state index in [1.54, 1.807) is 13.8 Å². The van der Waals surface area contributed by atoms with Crippen molar-refractivity contribution in [1.29, 1.82) is 0 Å². The van der Waals surface area contributed by atoms with Crippen LogP contribution in [-0.2, 0) is 4.74 Å². The molecule has 0 saturated carbocycles. The molecular formula is C7H12O2. The molecule has 0 unspecified atom stereocenters. The van der Waals surface area contributed by atoms with E-state index >= 15 is 0 Å². The highest BCUT2D eigenvalue weighted by Gasteiger charge is 2.14. The van der Waals surface area contributed by atoms with Crippen LogP contribution in [0.3, 0.4) is 0 Å². The van der Waals surface area contributed by atoms with Crippen LogP contribution in [0, 0.1) is 12.3 Å². The van der Waals surface area contributed by atoms with E-state index in [1.165, 1.54) is 0 Å². The molecule has 0 heterocycles. The largest absolute Gasteiger partial charge is 0.393 e. The van der Waals surface area contributed by atoms with Crippen LogP contribution in [0.1, 0.15) is 13.8 Å². The molecule has 52 valence electrons. The highest BCUT2D eigenvalue weighted by Crippen LogP contribution is 2.05. The second-order valence-electron chi connectivity index (χ2n) is 2.41. The van der Waals surface area contributed by atoms with Crippen molar-refractivity contribution < 1.29 is 9.84 Å². The standard InChI is InChI=1S/C7H12O2/c1-4-5-9-7(2,3)6-8/h1,8H,5-6H2,2-3H3. The fraction of sp³-hybridized carbons (Fsp3) is 0.714. The summed E-state index contributed by atoms with van der Waals surface area (Å²) < 4.78 is 5.04. The Labute approximate surface area is 55.8 Å². The van der Waals surface area contributed by atoms with Crippen LogP contribution < -0.4 is 0 Å². The predicted octanol–water partition coefficient (Wildman–Crippen LogP) is 0.407. The van der Waals surface area contributed by atoms with Crippen LogP contribution in [0.25, 0.3) is 0 Å². The van der Waals surface area contributed by atoms with Crippen molar-refractivity contribution in [3.63, 3.8) is 0 Å². The number of aliphatic hydroxyl groups excluding tert-OH is 1. The molecule has 0 aromatic carbocycles. The Morgan fingerprint density at radius 3 is 2.56 bits per heavy atom. The van der Waals surface area contributed by atoms with Gasteiger partial charge in [-0.15, -0.1) is 6.42 Å². The van der Waals surface area contributed by atoms with Gasteiger partial charge in [-0.25, -0.2) is 0 Å². The molecule has 0 radical (unpaired) electrons. The van der Waals surface area contributed by atoms with Gasteiger partial charge in [0.15, 0.2) is 0 Å². The van der Waals surface area contributed by atoms with Crippen LogP contribution in [-0.4, -0.2) is 23.9 Å². The van der Waals surface area contributed by atoms with Gasteiger partial charge in [0.25, 0.3) is 0 Å². The molecule has 1 N–H and O–H groups in total. The third-order valence-corrected chi connectivity index (χ3v) is 0.927. The van der Waals surface area contributed by atoms with Crippen LogP contribution in [0.5, 0.6) is 0 Å². The van der Waals surface area contributed by atoms with Gasteiger partial charge in [0.2, 0.25) is 0 Å². The maximum atomic E-state index is 8.63. The van der Waals surface area contributed by atoms with Crippen LogP contribution >= 0.6 is 0 Å². The Bertz CT molecular complexity index is 111. The van der Waals surface area contributed by atoms with Gasteiger partial charge in [-0.3, -0.25) is 0 Å². The zero-order chi connectivity index (χ0) is 7.33. The lowest BCUT2D eigenvalue weighted by molar-refractivity contribution is -0.0383. The number of aliphatic hydroxyl groups is 1. The van der Waals surface area contributed by atoms with Crippen molar-refractivity contribution in [3.8, 4) is 12.3 Å². The van der Waals surface area contributed by atoms with E-state index in [-0.39, 0.29) is 13.2 Å². The second-order valence-corrected chi connectivity index (χ2v) is 2.41. The Morgan fingerprint density at radius 2 is 2.22 bits per heavy atom. The van der Waals surface area contributed by atoms with E-state index in [1.807, 2.05) is 0 Å². The summed E-state index contributed by atoms with van der Waals surface area (Å²) in [4.78, 5) is 0. The Balaban J connectivity index is 3.48. The van der Waals surface area contributed by atoms with Crippen LogP contribution in [0.15, 0.2) is 0 Å². The highest BCUT2D eigenvalue weighted by atomic mass is 16.5. The summed E-state index contributed by atoms with van der Waals surface area (Å²) in [5.74, 6) is 2.32. The SMILES string of the molecule is C#CCOC(C)(C)CO. The van der Waals surface area contributed by atoms with Crippen LogP contribution in [0.4, 0.5) is 0 Å². The van der Waals surface area contributed by atoms with E-state index in [4.69, 9.17) is 16.3 Å². The van der Waals surface area contributed by atoms with Gasteiger partial charge in [-0.2, -0.15) is 0 Å². The zero-order valence-electron chi connectivity index (χ0n) is 5.85. The zero-order valence-corrected chi connectivity index (χ0v) is 5.85. The molecule has 9 heavy (non-hydrogen) atoms. The summed E-state index contributed by atoms with van der Waals surface area (Å²) in [5, 5.41) is 8.63. The molecule has 2 heteroatoms. The second kappa shape index (κ2) is 3.49. The van der Waals surface area contributed by atoms with Crippen molar-refractivity contribution in [2.75, 3.05) is 13.2 Å². The first-order valence-electron chi connectivity index (χ1n) is 2.80. The lowest BCUT2D eigenvalue weighted by Crippen LogP contribution is -2.28. The number of hydrogen-bond donors (Lipinski definition) is 1. The van der Waals surface area contributed by atoms with Crippen molar-refractivity contribution in [3.05, 3.63) is 0 Å². The number of hydrogen-bond acceptors (Lipinski definition) is 2. The van der Waals surface area contributed by atoms with Crippen LogP contribution in [0.2, 0.25) is 0 Å². The molecule has 0 atom stereocenters. The number of rotatable bonds is 3. The Hall–Kier alpha value is -0.520. The third-order valence-electron chi connectivity index (χ3n) is 0.927. The fourth-order valence-corrected chi connectivity index (χ4v) is 0.283. The summed E-state index contributed by atoms with van der Waals surface area (Å²) in [6.45, 7) is 3.82. The molecule has 0 aliphatic rings. The first kappa shape index (κ1) is 8.48. The molecule has 0 aliphatic heterocycles. The number of ether oxygens (including phenoxy) is 1. The van der Waals surface area contributed by atoms with E-state index < -0.39 is 5.60 Å². The predicted molar refractivity (Wildman–Crippen MR) is 35.9 cm³/mol. The van der Waals surface area contributed by atoms with Gasteiger partial charge in [-0.05, 0) is 13.8 Å². The van der Waals surface area contributed by atoms with E-state index in [9.17, 15) is 0 Å². The molecule has 0 aromatic heterocycles. The van der Waals surface area contributed by atoms with Gasteiger partial charge in [0.05, 0.1) is 12.2 Å². The molecule has 0 rings (SSSR count). The molecule has 0 aliphatic carbocycles. The molecular weight excluding hydrogens is 116 g/mol. The monoisotopic (exact) mass is 128 g/mol. The summed E-state index contributed by atoms with van der Waals surface area (Å²) >= 11 is 0. The number of terminal acetylenes is 1. The van der Waals surface area contributed by atoms with Gasteiger partial charge < -0.3 is 9.84 Å². The molecule has 0 saturated heterocycles. The third kappa shape index (κ3) is 4.01. The van der Waals surface area contributed by atoms with Crippen molar-refractivity contribution in [2.24, 2.45) is 0 Å². The lowest BCUT2D eigenvalue weighted by atomic mass is 10.1. The quantitative estimate of drug-likeness (QED) is 0.558. The molecule has 0 amide bonds. The smallest absolute Gasteiger partial charge is 0.108 e. The topological polar surface area (TPSA) is 29.5 Å². The van der Waals surface area contributed by atoms with Gasteiger partial charge in [0.1, 0.15) is 6.61 Å². The maximum absolute atomic E-state index is 8.63. The van der Waals surface area contributed by atoms with Crippen molar-refractivity contribution in [1.82, 2.24) is 0 Å². The first-order chi connectivity index (χ1) is 4.12. The minimum absolute atomic E-state index is 0.00528. The summed E-state index contributed by atoms with van der Waals surface area (Å²) in [6, 6.07) is 0. The van der Waals surface area contributed by atoms with E-state index in [2.05, 4.69) is 5.92 Å². The summed E-state index contributed by atoms with van der Waals surface area (Å²) in [5.41, 5.74) is -0.494. The Morgan fingerprint density at radius 1 is 1.67 bits per heavy atom. The summed E-state index contributed by atoms with van der Waals surface area (Å²) in [7, 11) is 0. The van der Waals surface area contributed by atoms with Gasteiger partial charge in [-0.1, -0.05) is 5.92 Å². The minimum atomic E-state index is -0.494. The van der Waals surface area contributed by atoms with E-state index in [0.717, 1.165) is 0 Å². The average molecular weight is 128 g/mol. The maximum Gasteiger partial charge on any atom is 0.108 e. The molecule has 2 nitrogen and oxygen atoms in total. The molecule has 0 fully saturated rings. The Kier molecular flexibility index (Phi) is 3.29. The van der Waals surface area contributed by atoms with Gasteiger partial charge in [0, 0.05) is 0 Å². The van der Waals surface area contributed by atoms with E-state index in [0.29, 0.717) is 0 Å². The summed E-state index contributed by atoms with van der Waals surface area (Å²) in [6.07, 6.45) is 4.93.